The van der Waals surface area contributed by atoms with Crippen LogP contribution < -0.4 is 5.32 Å². The maximum atomic E-state index is 11.1. The molecule has 0 spiro atoms. The van der Waals surface area contributed by atoms with Crippen molar-refractivity contribution >= 4 is 11.7 Å². The molecule has 1 N–H and O–H groups in total. The van der Waals surface area contributed by atoms with E-state index in [0.717, 1.165) is 11.3 Å². The molecule has 0 saturated carbocycles. The molecule has 0 bridgehead atoms. The highest BCUT2D eigenvalue weighted by Crippen LogP contribution is 2.09. The van der Waals surface area contributed by atoms with Crippen LogP contribution in [0.2, 0.25) is 0 Å². The summed E-state index contributed by atoms with van der Waals surface area (Å²) in [5.41, 5.74) is 2.41. The third kappa shape index (κ3) is 3.46. The van der Waals surface area contributed by atoms with Gasteiger partial charge >= 0.3 is 5.97 Å². The van der Waals surface area contributed by atoms with E-state index in [-0.39, 0.29) is 12.6 Å². The number of anilines is 1. The molecule has 0 atom stereocenters. The Morgan fingerprint density at radius 1 is 1.40 bits per heavy atom. The molecule has 1 rings (SSSR count). The molecule has 0 saturated heterocycles. The van der Waals surface area contributed by atoms with Gasteiger partial charge in [0.25, 0.3) is 0 Å². The number of hydrogen-bond acceptors (Lipinski definition) is 3. The number of ether oxygens (including phenoxy) is 1. The minimum absolute atomic E-state index is 0.287. The molecular weight excluding hydrogens is 190 g/mol. The molecule has 0 aliphatic carbocycles. The molecule has 15 heavy (non-hydrogen) atoms. The predicted molar refractivity (Wildman–Crippen MR) is 60.6 cm³/mol. The molecule has 0 fully saturated rings. The Bertz CT molecular complexity index is 354. The minimum Gasteiger partial charge on any atom is -0.457 e. The van der Waals surface area contributed by atoms with Crippen LogP contribution in [0.5, 0.6) is 0 Å². The molecular formula is C12H15NO2. The molecule has 80 valence electrons. The third-order valence-corrected chi connectivity index (χ3v) is 1.96. The highest BCUT2D eigenvalue weighted by molar-refractivity contribution is 5.86. The van der Waals surface area contributed by atoms with Crippen LogP contribution >= 0.6 is 0 Å². The maximum Gasteiger partial charge on any atom is 0.333 e. The van der Waals surface area contributed by atoms with Gasteiger partial charge < -0.3 is 10.1 Å². The Labute approximate surface area is 89.8 Å². The number of benzene rings is 1. The first-order valence-corrected chi connectivity index (χ1v) is 4.73. The van der Waals surface area contributed by atoms with Crippen molar-refractivity contribution in [2.75, 3.05) is 12.4 Å². The average molecular weight is 205 g/mol. The van der Waals surface area contributed by atoms with Crippen LogP contribution in [0.3, 0.4) is 0 Å². The monoisotopic (exact) mass is 205 g/mol. The van der Waals surface area contributed by atoms with E-state index in [4.69, 9.17) is 4.74 Å². The quantitative estimate of drug-likeness (QED) is 0.605. The van der Waals surface area contributed by atoms with Gasteiger partial charge in [-0.15, -0.1) is 0 Å². The second kappa shape index (κ2) is 5.20. The van der Waals surface area contributed by atoms with Gasteiger partial charge in [-0.1, -0.05) is 18.7 Å². The predicted octanol–water partition coefficient (Wildman–Crippen LogP) is 2.35. The highest BCUT2D eigenvalue weighted by Gasteiger charge is 2.02. The van der Waals surface area contributed by atoms with Gasteiger partial charge in [-0.25, -0.2) is 4.79 Å². The van der Waals surface area contributed by atoms with Gasteiger partial charge in [-0.3, -0.25) is 0 Å². The van der Waals surface area contributed by atoms with Crippen molar-refractivity contribution in [1.82, 2.24) is 0 Å². The summed E-state index contributed by atoms with van der Waals surface area (Å²) in [6.45, 7) is 5.43. The van der Waals surface area contributed by atoms with Crippen molar-refractivity contribution in [3.05, 3.63) is 42.0 Å². The zero-order valence-electron chi connectivity index (χ0n) is 9.04. The molecule has 1 aromatic rings. The fourth-order valence-electron chi connectivity index (χ4n) is 1.04. The molecule has 0 aliphatic heterocycles. The topological polar surface area (TPSA) is 38.3 Å². The van der Waals surface area contributed by atoms with Crippen LogP contribution in [-0.4, -0.2) is 13.0 Å². The average Bonchev–Trinajstić information content (AvgIpc) is 2.26. The number of esters is 1. The normalized spacial score (nSPS) is 9.47. The third-order valence-electron chi connectivity index (χ3n) is 1.96. The van der Waals surface area contributed by atoms with E-state index >= 15 is 0 Å². The molecule has 0 radical (unpaired) electrons. The van der Waals surface area contributed by atoms with E-state index in [1.807, 2.05) is 31.3 Å². The van der Waals surface area contributed by atoms with E-state index in [1.165, 1.54) is 0 Å². The van der Waals surface area contributed by atoms with Gasteiger partial charge in [0.2, 0.25) is 0 Å². The first kappa shape index (κ1) is 11.3. The van der Waals surface area contributed by atoms with Gasteiger partial charge in [0, 0.05) is 18.3 Å². The highest BCUT2D eigenvalue weighted by atomic mass is 16.5. The lowest BCUT2D eigenvalue weighted by atomic mass is 10.2. The number of nitrogens with one attached hydrogen (secondary N) is 1. The zero-order valence-corrected chi connectivity index (χ0v) is 9.04. The Hall–Kier alpha value is -1.77. The van der Waals surface area contributed by atoms with Crippen molar-refractivity contribution in [1.29, 1.82) is 0 Å². The first-order valence-electron chi connectivity index (χ1n) is 4.73. The molecule has 0 aromatic heterocycles. The number of hydrogen-bond donors (Lipinski definition) is 1. The van der Waals surface area contributed by atoms with Gasteiger partial charge in [0.1, 0.15) is 6.61 Å². The number of rotatable bonds is 4. The summed E-state index contributed by atoms with van der Waals surface area (Å²) in [5, 5.41) is 3.02. The van der Waals surface area contributed by atoms with Crippen LogP contribution in [0, 0.1) is 0 Å². The van der Waals surface area contributed by atoms with E-state index in [2.05, 4.69) is 11.9 Å². The molecule has 3 nitrogen and oxygen atoms in total. The lowest BCUT2D eigenvalue weighted by molar-refractivity contribution is -0.140. The van der Waals surface area contributed by atoms with Gasteiger partial charge in [0.05, 0.1) is 0 Å². The molecule has 1 aromatic carbocycles. The Kier molecular flexibility index (Phi) is 3.92. The molecule has 0 unspecified atom stereocenters. The first-order chi connectivity index (χ1) is 7.13. The van der Waals surface area contributed by atoms with E-state index in [1.54, 1.807) is 6.92 Å². The fourth-order valence-corrected chi connectivity index (χ4v) is 1.04. The van der Waals surface area contributed by atoms with Crippen molar-refractivity contribution in [3.63, 3.8) is 0 Å². The van der Waals surface area contributed by atoms with Crippen LogP contribution in [0.1, 0.15) is 12.5 Å². The summed E-state index contributed by atoms with van der Waals surface area (Å²) in [7, 11) is 1.86. The lowest BCUT2D eigenvalue weighted by Crippen LogP contribution is -2.04. The summed E-state index contributed by atoms with van der Waals surface area (Å²) in [4.78, 5) is 11.1. The number of carbonyl (C=O) groups excluding carboxylic acids is 1. The minimum atomic E-state index is -0.354. The van der Waals surface area contributed by atoms with E-state index in [0.29, 0.717) is 5.57 Å². The van der Waals surface area contributed by atoms with E-state index in [9.17, 15) is 4.79 Å². The van der Waals surface area contributed by atoms with Crippen LogP contribution in [0.15, 0.2) is 36.4 Å². The van der Waals surface area contributed by atoms with Gasteiger partial charge in [-0.2, -0.15) is 0 Å². The molecule has 0 amide bonds. The number of carbonyl (C=O) groups is 1. The van der Waals surface area contributed by atoms with Gasteiger partial charge in [-0.05, 0) is 24.6 Å². The molecule has 0 heterocycles. The summed E-state index contributed by atoms with van der Waals surface area (Å²) >= 11 is 0. The Morgan fingerprint density at radius 2 is 2.00 bits per heavy atom. The second-order valence-corrected chi connectivity index (χ2v) is 3.30. The standard InChI is InChI=1S/C12H15NO2/c1-9(2)12(14)15-8-10-4-6-11(13-3)7-5-10/h4-7,13H,1,8H2,2-3H3. The van der Waals surface area contributed by atoms with Crippen molar-refractivity contribution in [2.45, 2.75) is 13.5 Å². The summed E-state index contributed by atoms with van der Waals surface area (Å²) in [5.74, 6) is -0.354. The van der Waals surface area contributed by atoms with Crippen molar-refractivity contribution in [2.24, 2.45) is 0 Å². The van der Waals surface area contributed by atoms with Crippen LogP contribution in [0.25, 0.3) is 0 Å². The summed E-state index contributed by atoms with van der Waals surface area (Å²) in [6, 6.07) is 7.70. The summed E-state index contributed by atoms with van der Waals surface area (Å²) < 4.78 is 5.00. The largest absolute Gasteiger partial charge is 0.457 e. The van der Waals surface area contributed by atoms with Crippen molar-refractivity contribution < 1.29 is 9.53 Å². The smallest absolute Gasteiger partial charge is 0.333 e. The van der Waals surface area contributed by atoms with Crippen LogP contribution in [-0.2, 0) is 16.1 Å². The maximum absolute atomic E-state index is 11.1. The zero-order chi connectivity index (χ0) is 11.3. The van der Waals surface area contributed by atoms with Crippen LogP contribution in [0.4, 0.5) is 5.69 Å². The lowest BCUT2D eigenvalue weighted by Gasteiger charge is -2.05. The molecule has 3 heteroatoms. The Balaban J connectivity index is 2.51. The Morgan fingerprint density at radius 3 is 2.47 bits per heavy atom. The fraction of sp³-hybridized carbons (Fsp3) is 0.250. The van der Waals surface area contributed by atoms with Gasteiger partial charge in [0.15, 0.2) is 0 Å². The van der Waals surface area contributed by atoms with E-state index < -0.39 is 0 Å². The summed E-state index contributed by atoms with van der Waals surface area (Å²) in [6.07, 6.45) is 0. The molecule has 0 aliphatic rings. The second-order valence-electron chi connectivity index (χ2n) is 3.30. The SMILES string of the molecule is C=C(C)C(=O)OCc1ccc(NC)cc1. The van der Waals surface area contributed by atoms with Crippen molar-refractivity contribution in [3.8, 4) is 0 Å².